The van der Waals surface area contributed by atoms with E-state index < -0.39 is 28.5 Å². The molecule has 0 atom stereocenters. The quantitative estimate of drug-likeness (QED) is 0.370. The fourth-order valence-electron chi connectivity index (χ4n) is 2.71. The molecule has 0 aliphatic rings. The van der Waals surface area contributed by atoms with Gasteiger partial charge in [0.25, 0.3) is 17.5 Å². The third-order valence-electron chi connectivity index (χ3n) is 4.24. The molecule has 0 aliphatic carbocycles. The number of carbonyl (C=O) groups excluding carboxylic acids is 2. The lowest BCUT2D eigenvalue weighted by Gasteiger charge is -2.11. The molecule has 0 aromatic heterocycles. The Morgan fingerprint density at radius 2 is 1.50 bits per heavy atom. The van der Waals surface area contributed by atoms with Crippen LogP contribution in [0.2, 0.25) is 5.02 Å². The lowest BCUT2D eigenvalue weighted by molar-refractivity contribution is -0.384. The number of nitro benzene ring substituents is 1. The molecule has 0 saturated carbocycles. The van der Waals surface area contributed by atoms with Crippen molar-refractivity contribution < 1.29 is 27.7 Å². The molecule has 11 heteroatoms. The number of alkyl halides is 3. The third-order valence-corrected chi connectivity index (χ3v) is 4.55. The first-order valence-electron chi connectivity index (χ1n) is 8.88. The molecular formula is C21H13ClF3N3O4. The number of amides is 2. The Kier molecular flexibility index (Phi) is 6.45. The number of benzene rings is 3. The van der Waals surface area contributed by atoms with E-state index in [0.29, 0.717) is 0 Å². The summed E-state index contributed by atoms with van der Waals surface area (Å²) in [5.74, 6) is -1.35. The Labute approximate surface area is 184 Å². The molecular weight excluding hydrogens is 451 g/mol. The lowest BCUT2D eigenvalue weighted by Crippen LogP contribution is -2.15. The molecule has 0 spiro atoms. The van der Waals surface area contributed by atoms with Crippen molar-refractivity contribution in [3.05, 3.63) is 98.6 Å². The van der Waals surface area contributed by atoms with Gasteiger partial charge in [-0.2, -0.15) is 13.2 Å². The topological polar surface area (TPSA) is 101 Å². The van der Waals surface area contributed by atoms with Crippen LogP contribution in [0.5, 0.6) is 0 Å². The second kappa shape index (κ2) is 9.06. The molecule has 3 rings (SSSR count). The minimum atomic E-state index is -4.55. The highest BCUT2D eigenvalue weighted by Crippen LogP contribution is 2.31. The van der Waals surface area contributed by atoms with Crippen molar-refractivity contribution in [1.82, 2.24) is 0 Å². The van der Waals surface area contributed by atoms with Crippen molar-refractivity contribution in [1.29, 1.82) is 0 Å². The van der Waals surface area contributed by atoms with Gasteiger partial charge in [0.2, 0.25) is 0 Å². The first-order chi connectivity index (χ1) is 15.0. The Bertz CT molecular complexity index is 1210. The van der Waals surface area contributed by atoms with Gasteiger partial charge in [-0.25, -0.2) is 0 Å². The van der Waals surface area contributed by atoms with Crippen LogP contribution in [0.15, 0.2) is 66.7 Å². The Morgan fingerprint density at radius 3 is 2.12 bits per heavy atom. The molecule has 0 bridgehead atoms. The maximum absolute atomic E-state index is 12.8. The van der Waals surface area contributed by atoms with Crippen molar-refractivity contribution in [2.45, 2.75) is 6.18 Å². The number of nitro groups is 1. The predicted octanol–water partition coefficient (Wildman–Crippen LogP) is 5.77. The molecule has 164 valence electrons. The monoisotopic (exact) mass is 463 g/mol. The van der Waals surface area contributed by atoms with Crippen LogP contribution in [0.4, 0.5) is 30.2 Å². The summed E-state index contributed by atoms with van der Waals surface area (Å²) in [4.78, 5) is 35.0. The van der Waals surface area contributed by atoms with Gasteiger partial charge in [0.15, 0.2) is 0 Å². The summed E-state index contributed by atoms with van der Waals surface area (Å²) in [7, 11) is 0. The zero-order valence-electron chi connectivity index (χ0n) is 15.9. The molecule has 2 amide bonds. The smallest absolute Gasteiger partial charge is 0.322 e. The SMILES string of the molecule is O=C(Nc1cccc(C(F)(F)F)c1)c1cccc(NC(=O)c2ccc([N+](=O)[O-])cc2Cl)c1. The molecule has 0 unspecified atom stereocenters. The molecule has 3 aromatic carbocycles. The highest BCUT2D eigenvalue weighted by atomic mass is 35.5. The average Bonchev–Trinajstić information content (AvgIpc) is 2.73. The molecule has 0 saturated heterocycles. The lowest BCUT2D eigenvalue weighted by atomic mass is 10.1. The van der Waals surface area contributed by atoms with Crippen LogP contribution in [0.3, 0.4) is 0 Å². The minimum Gasteiger partial charge on any atom is -0.322 e. The molecule has 32 heavy (non-hydrogen) atoms. The first kappa shape index (κ1) is 22.8. The van der Waals surface area contributed by atoms with Gasteiger partial charge in [-0.1, -0.05) is 23.7 Å². The van der Waals surface area contributed by atoms with Crippen LogP contribution in [0.25, 0.3) is 0 Å². The Morgan fingerprint density at radius 1 is 0.875 bits per heavy atom. The van der Waals surface area contributed by atoms with Crippen LogP contribution in [-0.4, -0.2) is 16.7 Å². The van der Waals surface area contributed by atoms with Gasteiger partial charge in [-0.05, 0) is 42.5 Å². The van der Waals surface area contributed by atoms with Gasteiger partial charge >= 0.3 is 6.18 Å². The van der Waals surface area contributed by atoms with E-state index in [1.165, 1.54) is 42.5 Å². The highest BCUT2D eigenvalue weighted by Gasteiger charge is 2.30. The maximum Gasteiger partial charge on any atom is 0.416 e. The molecule has 0 heterocycles. The van der Waals surface area contributed by atoms with Gasteiger partial charge in [0.05, 0.1) is 21.1 Å². The summed E-state index contributed by atoms with van der Waals surface area (Å²) >= 11 is 5.94. The molecule has 7 nitrogen and oxygen atoms in total. The summed E-state index contributed by atoms with van der Waals surface area (Å²) in [5.41, 5.74) is -0.958. The number of halogens is 4. The van der Waals surface area contributed by atoms with Crippen molar-refractivity contribution >= 4 is 40.5 Å². The van der Waals surface area contributed by atoms with Gasteiger partial charge < -0.3 is 10.6 Å². The Hall–Kier alpha value is -3.92. The summed E-state index contributed by atoms with van der Waals surface area (Å²) < 4.78 is 38.5. The summed E-state index contributed by atoms with van der Waals surface area (Å²) in [6, 6.07) is 13.2. The normalized spacial score (nSPS) is 11.0. The molecule has 3 aromatic rings. The number of non-ortho nitro benzene ring substituents is 1. The molecule has 0 radical (unpaired) electrons. The fraction of sp³-hybridized carbons (Fsp3) is 0.0476. The zero-order valence-corrected chi connectivity index (χ0v) is 16.7. The minimum absolute atomic E-state index is 0.0175. The second-order valence-electron chi connectivity index (χ2n) is 6.49. The van der Waals surface area contributed by atoms with Crippen molar-refractivity contribution in [2.75, 3.05) is 10.6 Å². The van der Waals surface area contributed by atoms with Gasteiger partial charge in [-0.3, -0.25) is 19.7 Å². The summed E-state index contributed by atoms with van der Waals surface area (Å²) in [6.07, 6.45) is -4.55. The van der Waals surface area contributed by atoms with Crippen LogP contribution < -0.4 is 10.6 Å². The van der Waals surface area contributed by atoms with E-state index in [0.717, 1.165) is 24.3 Å². The fourth-order valence-corrected chi connectivity index (χ4v) is 2.98. The number of carbonyl (C=O) groups is 2. The summed E-state index contributed by atoms with van der Waals surface area (Å²) in [6.45, 7) is 0. The van der Waals surface area contributed by atoms with E-state index in [-0.39, 0.29) is 33.2 Å². The largest absolute Gasteiger partial charge is 0.416 e. The van der Waals surface area contributed by atoms with Gasteiger partial charge in [0.1, 0.15) is 0 Å². The molecule has 2 N–H and O–H groups in total. The maximum atomic E-state index is 12.8. The van der Waals surface area contributed by atoms with Crippen LogP contribution in [-0.2, 0) is 6.18 Å². The standard InChI is InChI=1S/C21H13ClF3N3O4/c22-18-11-16(28(31)32)7-8-17(18)20(30)27-14-5-1-3-12(9-14)19(29)26-15-6-2-4-13(10-15)21(23,24)25/h1-11H,(H,26,29)(H,27,30). The van der Waals surface area contributed by atoms with E-state index in [1.807, 2.05) is 0 Å². The number of hydrogen-bond donors (Lipinski definition) is 2. The van der Waals surface area contributed by atoms with Crippen molar-refractivity contribution in [3.63, 3.8) is 0 Å². The van der Waals surface area contributed by atoms with E-state index in [4.69, 9.17) is 11.6 Å². The number of hydrogen-bond acceptors (Lipinski definition) is 4. The second-order valence-corrected chi connectivity index (χ2v) is 6.90. The van der Waals surface area contributed by atoms with Crippen LogP contribution in [0, 0.1) is 10.1 Å². The van der Waals surface area contributed by atoms with Crippen LogP contribution in [0.1, 0.15) is 26.3 Å². The van der Waals surface area contributed by atoms with Gasteiger partial charge in [0, 0.05) is 29.1 Å². The van der Waals surface area contributed by atoms with E-state index in [2.05, 4.69) is 10.6 Å². The number of nitrogens with one attached hydrogen (secondary N) is 2. The third kappa shape index (κ3) is 5.41. The number of anilines is 2. The van der Waals surface area contributed by atoms with Crippen LogP contribution >= 0.6 is 11.6 Å². The Balaban J connectivity index is 1.75. The molecule has 0 fully saturated rings. The van der Waals surface area contributed by atoms with Crippen molar-refractivity contribution in [3.8, 4) is 0 Å². The van der Waals surface area contributed by atoms with E-state index >= 15 is 0 Å². The number of nitrogens with zero attached hydrogens (tertiary/aromatic N) is 1. The van der Waals surface area contributed by atoms with E-state index in [9.17, 15) is 32.9 Å². The molecule has 0 aliphatic heterocycles. The number of rotatable bonds is 5. The average molecular weight is 464 g/mol. The van der Waals surface area contributed by atoms with Crippen molar-refractivity contribution in [2.24, 2.45) is 0 Å². The van der Waals surface area contributed by atoms with E-state index in [1.54, 1.807) is 0 Å². The summed E-state index contributed by atoms with van der Waals surface area (Å²) in [5, 5.41) is 15.5. The highest BCUT2D eigenvalue weighted by molar-refractivity contribution is 6.34. The predicted molar refractivity (Wildman–Crippen MR) is 112 cm³/mol. The van der Waals surface area contributed by atoms with Gasteiger partial charge in [-0.15, -0.1) is 0 Å². The zero-order chi connectivity index (χ0) is 23.5. The first-order valence-corrected chi connectivity index (χ1v) is 9.26.